The molecule has 0 saturated carbocycles. The minimum Gasteiger partial charge on any atom is -0.480 e. The number of nitrogens with zero attached hydrogens (tertiary/aromatic N) is 2. The number of piperidine rings is 1. The van der Waals surface area contributed by atoms with E-state index < -0.39 is 27.9 Å². The van der Waals surface area contributed by atoms with Crippen LogP contribution in [0.1, 0.15) is 36.5 Å². The Morgan fingerprint density at radius 3 is 2.35 bits per heavy atom. The van der Waals surface area contributed by atoms with Gasteiger partial charge in [-0.1, -0.05) is 0 Å². The van der Waals surface area contributed by atoms with E-state index >= 15 is 0 Å². The summed E-state index contributed by atoms with van der Waals surface area (Å²) in [7, 11) is -0.873. The molecular formula is C17H25N3O5S. The lowest BCUT2D eigenvalue weighted by molar-refractivity contribution is -0.138. The molecule has 1 aromatic rings. The number of amides is 1. The van der Waals surface area contributed by atoms with Crippen molar-refractivity contribution in [3.8, 4) is 0 Å². The molecule has 0 unspecified atom stereocenters. The predicted octanol–water partition coefficient (Wildman–Crippen LogP) is 1.13. The third-order valence-electron chi connectivity index (χ3n) is 4.41. The fraction of sp³-hybridized carbons (Fsp3) is 0.529. The van der Waals surface area contributed by atoms with E-state index in [2.05, 4.69) is 5.32 Å². The van der Waals surface area contributed by atoms with Crippen molar-refractivity contribution in [1.29, 1.82) is 0 Å². The molecule has 2 N–H and O–H groups in total. The van der Waals surface area contributed by atoms with E-state index in [1.54, 1.807) is 6.07 Å². The molecule has 1 fully saturated rings. The molecule has 0 bridgehead atoms. The summed E-state index contributed by atoms with van der Waals surface area (Å²) >= 11 is 0. The van der Waals surface area contributed by atoms with Crippen LogP contribution in [0.15, 0.2) is 23.1 Å². The lowest BCUT2D eigenvalue weighted by Gasteiger charge is -2.30. The molecule has 1 saturated heterocycles. The first-order valence-electron chi connectivity index (χ1n) is 8.50. The molecule has 26 heavy (non-hydrogen) atoms. The largest absolute Gasteiger partial charge is 0.480 e. The fourth-order valence-corrected chi connectivity index (χ4v) is 3.74. The summed E-state index contributed by atoms with van der Waals surface area (Å²) in [6, 6.07) is 3.35. The van der Waals surface area contributed by atoms with E-state index in [4.69, 9.17) is 5.11 Å². The van der Waals surface area contributed by atoms with Crippen LogP contribution in [0, 0.1) is 0 Å². The van der Waals surface area contributed by atoms with Crippen molar-refractivity contribution in [2.75, 3.05) is 32.1 Å². The number of carbonyl (C=O) groups excluding carboxylic acids is 1. The van der Waals surface area contributed by atoms with Gasteiger partial charge in [-0.05, 0) is 44.4 Å². The van der Waals surface area contributed by atoms with Gasteiger partial charge in [0, 0.05) is 32.9 Å². The molecule has 1 heterocycles. The first-order chi connectivity index (χ1) is 12.1. The summed E-state index contributed by atoms with van der Waals surface area (Å²) in [5, 5.41) is 11.4. The maximum Gasteiger partial charge on any atom is 0.325 e. The van der Waals surface area contributed by atoms with E-state index in [-0.39, 0.29) is 10.5 Å². The van der Waals surface area contributed by atoms with Crippen LogP contribution in [-0.2, 0) is 14.8 Å². The highest BCUT2D eigenvalue weighted by molar-refractivity contribution is 7.89. The normalized spacial score (nSPS) is 16.4. The topological polar surface area (TPSA) is 107 Å². The Bertz CT molecular complexity index is 786. The summed E-state index contributed by atoms with van der Waals surface area (Å²) in [5.41, 5.74) is 0.792. The van der Waals surface area contributed by atoms with Crippen LogP contribution >= 0.6 is 0 Å². The number of sulfonamides is 1. The van der Waals surface area contributed by atoms with Crippen molar-refractivity contribution in [3.05, 3.63) is 23.8 Å². The smallest absolute Gasteiger partial charge is 0.325 e. The summed E-state index contributed by atoms with van der Waals surface area (Å²) < 4.78 is 25.9. The molecule has 1 aliphatic rings. The van der Waals surface area contributed by atoms with Crippen molar-refractivity contribution in [1.82, 2.24) is 9.62 Å². The van der Waals surface area contributed by atoms with Gasteiger partial charge in [-0.15, -0.1) is 0 Å². The number of benzene rings is 1. The second-order valence-corrected chi connectivity index (χ2v) is 8.70. The number of hydrogen-bond acceptors (Lipinski definition) is 5. The van der Waals surface area contributed by atoms with Gasteiger partial charge >= 0.3 is 5.97 Å². The number of carboxylic acids is 1. The second-order valence-electron chi connectivity index (χ2n) is 6.55. The van der Waals surface area contributed by atoms with Gasteiger partial charge in [-0.25, -0.2) is 12.7 Å². The quantitative estimate of drug-likeness (QED) is 0.763. The van der Waals surface area contributed by atoms with Crippen LogP contribution in [0.3, 0.4) is 0 Å². The van der Waals surface area contributed by atoms with Gasteiger partial charge < -0.3 is 15.3 Å². The molecule has 0 aromatic heterocycles. The molecule has 144 valence electrons. The summed E-state index contributed by atoms with van der Waals surface area (Å²) in [6.45, 7) is 2.91. The standard InChI is InChI=1S/C17H25N3O5S/c1-12(17(22)23)18-16(21)14-11-13(26(24,25)19(2)3)7-8-15(14)20-9-5-4-6-10-20/h7-8,11-12H,4-6,9-10H2,1-3H3,(H,18,21)(H,22,23)/t12-/m0/s1. The Morgan fingerprint density at radius 2 is 1.81 bits per heavy atom. The highest BCUT2D eigenvalue weighted by Crippen LogP contribution is 2.28. The van der Waals surface area contributed by atoms with Crippen molar-refractivity contribution < 1.29 is 23.1 Å². The molecule has 1 aromatic carbocycles. The monoisotopic (exact) mass is 383 g/mol. The van der Waals surface area contributed by atoms with Crippen LogP contribution in [0.25, 0.3) is 0 Å². The van der Waals surface area contributed by atoms with Crippen LogP contribution in [0.2, 0.25) is 0 Å². The molecule has 0 spiro atoms. The first kappa shape index (κ1) is 20.2. The van der Waals surface area contributed by atoms with E-state index in [1.165, 1.54) is 33.2 Å². The Labute approximate surface area is 153 Å². The van der Waals surface area contributed by atoms with Gasteiger partial charge in [0.15, 0.2) is 0 Å². The Balaban J connectivity index is 2.48. The van der Waals surface area contributed by atoms with Crippen LogP contribution < -0.4 is 10.2 Å². The zero-order valence-corrected chi connectivity index (χ0v) is 16.0. The zero-order valence-electron chi connectivity index (χ0n) is 15.2. The molecule has 0 aliphatic carbocycles. The molecule has 0 radical (unpaired) electrons. The number of hydrogen-bond donors (Lipinski definition) is 2. The van der Waals surface area contributed by atoms with E-state index in [0.29, 0.717) is 5.69 Å². The van der Waals surface area contributed by atoms with Crippen LogP contribution in [0.4, 0.5) is 5.69 Å². The van der Waals surface area contributed by atoms with Gasteiger partial charge in [0.05, 0.1) is 10.5 Å². The molecule has 9 heteroatoms. The lowest BCUT2D eigenvalue weighted by Crippen LogP contribution is -2.39. The SMILES string of the molecule is C[C@H](NC(=O)c1cc(S(=O)(=O)N(C)C)ccc1N1CCCCC1)C(=O)O. The van der Waals surface area contributed by atoms with Crippen molar-refractivity contribution in [2.45, 2.75) is 37.1 Å². The molecule has 8 nitrogen and oxygen atoms in total. The Kier molecular flexibility index (Phi) is 6.25. The van der Waals surface area contributed by atoms with Gasteiger partial charge in [0.1, 0.15) is 6.04 Å². The molecule has 2 rings (SSSR count). The average molecular weight is 383 g/mol. The zero-order chi connectivity index (χ0) is 19.5. The van der Waals surface area contributed by atoms with Crippen molar-refractivity contribution in [3.63, 3.8) is 0 Å². The van der Waals surface area contributed by atoms with Gasteiger partial charge in [0.25, 0.3) is 5.91 Å². The fourth-order valence-electron chi connectivity index (χ4n) is 2.81. The van der Waals surface area contributed by atoms with E-state index in [1.807, 2.05) is 4.90 Å². The second kappa shape index (κ2) is 8.05. The number of carboxylic acid groups (broad SMARTS) is 1. The number of anilines is 1. The lowest BCUT2D eigenvalue weighted by atomic mass is 10.1. The van der Waals surface area contributed by atoms with Crippen molar-refractivity contribution >= 4 is 27.6 Å². The minimum atomic E-state index is -3.71. The Morgan fingerprint density at radius 1 is 1.19 bits per heavy atom. The van der Waals surface area contributed by atoms with Gasteiger partial charge in [-0.3, -0.25) is 9.59 Å². The number of nitrogens with one attached hydrogen (secondary N) is 1. The van der Waals surface area contributed by atoms with E-state index in [0.717, 1.165) is 36.7 Å². The Hall–Kier alpha value is -2.13. The molecule has 1 aliphatic heterocycles. The molecular weight excluding hydrogens is 358 g/mol. The number of aliphatic carboxylic acids is 1. The van der Waals surface area contributed by atoms with Crippen molar-refractivity contribution in [2.24, 2.45) is 0 Å². The highest BCUT2D eigenvalue weighted by atomic mass is 32.2. The highest BCUT2D eigenvalue weighted by Gasteiger charge is 2.25. The maximum absolute atomic E-state index is 12.7. The molecule has 1 amide bonds. The van der Waals surface area contributed by atoms with Crippen LogP contribution in [0.5, 0.6) is 0 Å². The molecule has 1 atom stereocenters. The summed E-state index contributed by atoms with van der Waals surface area (Å²) in [4.78, 5) is 25.7. The average Bonchev–Trinajstić information content (AvgIpc) is 2.61. The first-order valence-corrected chi connectivity index (χ1v) is 9.94. The summed E-state index contributed by atoms with van der Waals surface area (Å²) in [5.74, 6) is -1.76. The van der Waals surface area contributed by atoms with E-state index in [9.17, 15) is 18.0 Å². The third kappa shape index (κ3) is 4.34. The van der Waals surface area contributed by atoms with Crippen LogP contribution in [-0.4, -0.2) is 62.9 Å². The summed E-state index contributed by atoms with van der Waals surface area (Å²) in [6.07, 6.45) is 3.09. The predicted molar refractivity (Wildman–Crippen MR) is 97.9 cm³/mol. The maximum atomic E-state index is 12.7. The number of rotatable bonds is 6. The minimum absolute atomic E-state index is 0.00334. The van der Waals surface area contributed by atoms with Gasteiger partial charge in [0.2, 0.25) is 10.0 Å². The number of carbonyl (C=O) groups is 2. The van der Waals surface area contributed by atoms with Gasteiger partial charge in [-0.2, -0.15) is 0 Å². The third-order valence-corrected chi connectivity index (χ3v) is 6.22.